The molecule has 104 valence electrons. The molecule has 1 atom stereocenters. The normalized spacial score (nSPS) is 30.1. The Bertz CT molecular complexity index is 329. The molecule has 2 N–H and O–H groups in total. The molecule has 2 aliphatic rings. The quantitative estimate of drug-likeness (QED) is 0.820. The first-order valence-electron chi connectivity index (χ1n) is 7.34. The van der Waals surface area contributed by atoms with Gasteiger partial charge in [-0.15, -0.1) is 0 Å². The molecule has 0 spiro atoms. The lowest BCUT2D eigenvalue weighted by Crippen LogP contribution is -2.72. The molecule has 1 aliphatic heterocycles. The third-order valence-electron chi connectivity index (χ3n) is 5.24. The van der Waals surface area contributed by atoms with Crippen LogP contribution in [0.2, 0.25) is 0 Å². The van der Waals surface area contributed by atoms with E-state index in [-0.39, 0.29) is 16.9 Å². The van der Waals surface area contributed by atoms with Crippen molar-refractivity contribution in [2.24, 2.45) is 23.0 Å². The Morgan fingerprint density at radius 1 is 1.28 bits per heavy atom. The molecule has 1 saturated heterocycles. The lowest BCUT2D eigenvalue weighted by atomic mass is 9.67. The van der Waals surface area contributed by atoms with Gasteiger partial charge in [0.05, 0.1) is 5.54 Å². The lowest BCUT2D eigenvalue weighted by Gasteiger charge is -2.53. The highest BCUT2D eigenvalue weighted by atomic mass is 16.2. The predicted molar refractivity (Wildman–Crippen MR) is 74.1 cm³/mol. The van der Waals surface area contributed by atoms with Gasteiger partial charge >= 0.3 is 0 Å². The summed E-state index contributed by atoms with van der Waals surface area (Å²) in [4.78, 5) is 14.6. The largest absolute Gasteiger partial charge is 0.339 e. The highest BCUT2D eigenvalue weighted by molar-refractivity contribution is 5.81. The molecule has 1 amide bonds. The van der Waals surface area contributed by atoms with Gasteiger partial charge in [0, 0.05) is 19.0 Å². The zero-order chi connectivity index (χ0) is 13.6. The molecule has 1 heterocycles. The molecule has 0 aromatic rings. The number of hydrogen-bond donors (Lipinski definition) is 1. The van der Waals surface area contributed by atoms with E-state index >= 15 is 0 Å². The van der Waals surface area contributed by atoms with E-state index in [1.165, 1.54) is 19.3 Å². The van der Waals surface area contributed by atoms with Crippen molar-refractivity contribution in [3.05, 3.63) is 0 Å². The molecule has 0 radical (unpaired) electrons. The van der Waals surface area contributed by atoms with Crippen LogP contribution in [0.5, 0.6) is 0 Å². The van der Waals surface area contributed by atoms with Crippen LogP contribution in [0.25, 0.3) is 0 Å². The summed E-state index contributed by atoms with van der Waals surface area (Å²) in [7, 11) is 0. The fourth-order valence-electron chi connectivity index (χ4n) is 3.36. The van der Waals surface area contributed by atoms with Gasteiger partial charge < -0.3 is 10.6 Å². The lowest BCUT2D eigenvalue weighted by molar-refractivity contribution is -0.150. The summed E-state index contributed by atoms with van der Waals surface area (Å²) in [5.74, 6) is 1.00. The van der Waals surface area contributed by atoms with E-state index in [0.717, 1.165) is 19.5 Å². The zero-order valence-corrected chi connectivity index (χ0v) is 12.3. The Labute approximate surface area is 111 Å². The Morgan fingerprint density at radius 2 is 1.89 bits per heavy atom. The van der Waals surface area contributed by atoms with Crippen LogP contribution in [0.4, 0.5) is 0 Å². The van der Waals surface area contributed by atoms with Crippen LogP contribution in [-0.4, -0.2) is 29.4 Å². The van der Waals surface area contributed by atoms with Crippen LogP contribution in [0.1, 0.15) is 53.4 Å². The topological polar surface area (TPSA) is 46.3 Å². The Morgan fingerprint density at radius 3 is 2.39 bits per heavy atom. The summed E-state index contributed by atoms with van der Waals surface area (Å²) in [6.07, 6.45) is 4.70. The number of nitrogens with zero attached hydrogens (tertiary/aromatic N) is 1. The monoisotopic (exact) mass is 252 g/mol. The minimum atomic E-state index is -0.144. The minimum Gasteiger partial charge on any atom is -0.339 e. The number of nitrogens with two attached hydrogens (primary N) is 1. The van der Waals surface area contributed by atoms with Crippen LogP contribution in [0.15, 0.2) is 0 Å². The zero-order valence-electron chi connectivity index (χ0n) is 12.3. The van der Waals surface area contributed by atoms with Crippen molar-refractivity contribution in [1.82, 2.24) is 4.90 Å². The molecule has 0 bridgehead atoms. The second kappa shape index (κ2) is 4.52. The molecule has 18 heavy (non-hydrogen) atoms. The maximum Gasteiger partial charge on any atom is 0.226 e. The smallest absolute Gasteiger partial charge is 0.226 e. The van der Waals surface area contributed by atoms with E-state index in [0.29, 0.717) is 11.8 Å². The highest BCUT2D eigenvalue weighted by Crippen LogP contribution is 2.42. The molecule has 2 fully saturated rings. The van der Waals surface area contributed by atoms with Gasteiger partial charge in [0.2, 0.25) is 5.91 Å². The molecule has 1 saturated carbocycles. The van der Waals surface area contributed by atoms with E-state index in [1.807, 2.05) is 4.90 Å². The summed E-state index contributed by atoms with van der Waals surface area (Å²) in [6.45, 7) is 10.3. The van der Waals surface area contributed by atoms with Crippen LogP contribution < -0.4 is 5.73 Å². The second-order valence-corrected chi connectivity index (χ2v) is 7.37. The van der Waals surface area contributed by atoms with Crippen LogP contribution in [0, 0.1) is 17.3 Å². The van der Waals surface area contributed by atoms with Crippen molar-refractivity contribution in [1.29, 1.82) is 0 Å². The molecule has 1 unspecified atom stereocenters. The van der Waals surface area contributed by atoms with Crippen molar-refractivity contribution >= 4 is 5.91 Å². The van der Waals surface area contributed by atoms with Crippen molar-refractivity contribution in [2.75, 3.05) is 13.1 Å². The van der Waals surface area contributed by atoms with Gasteiger partial charge in [0.25, 0.3) is 0 Å². The first-order valence-corrected chi connectivity index (χ1v) is 7.34. The number of amides is 1. The van der Waals surface area contributed by atoms with Gasteiger partial charge in [0.15, 0.2) is 0 Å². The molecule has 0 aromatic heterocycles. The van der Waals surface area contributed by atoms with Crippen LogP contribution >= 0.6 is 0 Å². The minimum absolute atomic E-state index is 0.144. The van der Waals surface area contributed by atoms with E-state index in [4.69, 9.17) is 5.73 Å². The number of carbonyl (C=O) groups excluding carboxylic acids is 1. The summed E-state index contributed by atoms with van der Waals surface area (Å²) < 4.78 is 0. The van der Waals surface area contributed by atoms with Gasteiger partial charge in [-0.1, -0.05) is 40.5 Å². The maximum absolute atomic E-state index is 12.6. The second-order valence-electron chi connectivity index (χ2n) is 7.37. The summed E-state index contributed by atoms with van der Waals surface area (Å²) in [6, 6.07) is 0. The SMILES string of the molecule is CC(C)C1(N)CN(C(=O)C2CCCCC2(C)C)C1. The van der Waals surface area contributed by atoms with Gasteiger partial charge in [-0.3, -0.25) is 4.79 Å². The summed E-state index contributed by atoms with van der Waals surface area (Å²) in [5.41, 5.74) is 6.30. The number of rotatable bonds is 2. The van der Waals surface area contributed by atoms with E-state index in [1.54, 1.807) is 0 Å². The summed E-state index contributed by atoms with van der Waals surface area (Å²) >= 11 is 0. The Kier molecular flexibility index (Phi) is 3.48. The van der Waals surface area contributed by atoms with Crippen molar-refractivity contribution in [2.45, 2.75) is 58.9 Å². The van der Waals surface area contributed by atoms with Gasteiger partial charge in [-0.05, 0) is 24.2 Å². The third kappa shape index (κ3) is 2.29. The van der Waals surface area contributed by atoms with Crippen molar-refractivity contribution < 1.29 is 4.79 Å². The molecule has 3 nitrogen and oxygen atoms in total. The summed E-state index contributed by atoms with van der Waals surface area (Å²) in [5, 5.41) is 0. The van der Waals surface area contributed by atoms with E-state index in [9.17, 15) is 4.79 Å². The third-order valence-corrected chi connectivity index (χ3v) is 5.24. The van der Waals surface area contributed by atoms with Crippen LogP contribution in [0.3, 0.4) is 0 Å². The van der Waals surface area contributed by atoms with Gasteiger partial charge in [-0.2, -0.15) is 0 Å². The molecule has 2 rings (SSSR count). The highest BCUT2D eigenvalue weighted by Gasteiger charge is 2.48. The average molecular weight is 252 g/mol. The fourth-order valence-corrected chi connectivity index (χ4v) is 3.36. The number of likely N-dealkylation sites (tertiary alicyclic amines) is 1. The molecular formula is C15H28N2O. The number of carbonyl (C=O) groups is 1. The van der Waals surface area contributed by atoms with Crippen LogP contribution in [-0.2, 0) is 4.79 Å². The molecular weight excluding hydrogens is 224 g/mol. The van der Waals surface area contributed by atoms with E-state index < -0.39 is 0 Å². The fraction of sp³-hybridized carbons (Fsp3) is 0.933. The molecule has 3 heteroatoms. The van der Waals surface area contributed by atoms with Crippen molar-refractivity contribution in [3.63, 3.8) is 0 Å². The maximum atomic E-state index is 12.6. The van der Waals surface area contributed by atoms with Gasteiger partial charge in [0.1, 0.15) is 0 Å². The van der Waals surface area contributed by atoms with Gasteiger partial charge in [-0.25, -0.2) is 0 Å². The Hall–Kier alpha value is -0.570. The van der Waals surface area contributed by atoms with Crippen molar-refractivity contribution in [3.8, 4) is 0 Å². The standard InChI is InChI=1S/C15H28N2O/c1-11(2)15(16)9-17(10-15)13(18)12-7-5-6-8-14(12,3)4/h11-12H,5-10,16H2,1-4H3. The van der Waals surface area contributed by atoms with E-state index in [2.05, 4.69) is 27.7 Å². The predicted octanol–water partition coefficient (Wildman–Crippen LogP) is 2.40. The molecule has 1 aliphatic carbocycles. The first kappa shape index (κ1) is 13.9. The first-order chi connectivity index (χ1) is 8.26. The Balaban J connectivity index is 1.97. The number of hydrogen-bond acceptors (Lipinski definition) is 2. The average Bonchev–Trinajstić information content (AvgIpc) is 2.23. The molecule has 0 aromatic carbocycles.